The van der Waals surface area contributed by atoms with Crippen LogP contribution in [0.4, 0.5) is 17.2 Å². The van der Waals surface area contributed by atoms with Gasteiger partial charge in [-0.1, -0.05) is 31.7 Å². The zero-order valence-corrected chi connectivity index (χ0v) is 18.3. The molecule has 1 aromatic heterocycles. The summed E-state index contributed by atoms with van der Waals surface area (Å²) in [7, 11) is 0. The van der Waals surface area contributed by atoms with Gasteiger partial charge in [0.1, 0.15) is 5.82 Å². The van der Waals surface area contributed by atoms with Crippen LogP contribution in [0, 0.1) is 6.92 Å². The average molecular weight is 389 g/mol. The second-order valence-corrected chi connectivity index (χ2v) is 8.49. The standard InChI is InChI=1S/C25H32N4/c1-7-21-10-8-9-11-23(21)29-20(6)16(2)12-22-24(13-17(3)27-25(22)29)28-14-18(4)26-19(5)15-28/h8-13,18-19,26H,6-7,14-15H2,1-5H3/t18-,19+. The van der Waals surface area contributed by atoms with Gasteiger partial charge in [-0.15, -0.1) is 0 Å². The zero-order chi connectivity index (χ0) is 20.7. The molecule has 2 aliphatic heterocycles. The lowest BCUT2D eigenvalue weighted by Gasteiger charge is -2.40. The minimum absolute atomic E-state index is 0.462. The van der Waals surface area contributed by atoms with Gasteiger partial charge in [-0.2, -0.15) is 0 Å². The van der Waals surface area contributed by atoms with Crippen molar-refractivity contribution in [3.05, 3.63) is 65.0 Å². The van der Waals surface area contributed by atoms with Gasteiger partial charge in [0, 0.05) is 47.8 Å². The Labute approximate surface area is 174 Å². The summed E-state index contributed by atoms with van der Waals surface area (Å²) in [6.07, 6.45) is 3.24. The van der Waals surface area contributed by atoms with Crippen LogP contribution in [0.2, 0.25) is 0 Å². The van der Waals surface area contributed by atoms with Crippen molar-refractivity contribution in [2.24, 2.45) is 0 Å². The first-order valence-electron chi connectivity index (χ1n) is 10.7. The summed E-state index contributed by atoms with van der Waals surface area (Å²) >= 11 is 0. The fraction of sp³-hybridized carbons (Fsp3) is 0.400. The summed E-state index contributed by atoms with van der Waals surface area (Å²) < 4.78 is 0. The molecule has 0 amide bonds. The summed E-state index contributed by atoms with van der Waals surface area (Å²) in [5.41, 5.74) is 8.20. The maximum atomic E-state index is 5.00. The monoisotopic (exact) mass is 388 g/mol. The number of pyridine rings is 1. The Bertz CT molecular complexity index is 965. The van der Waals surface area contributed by atoms with E-state index < -0.39 is 0 Å². The SMILES string of the molecule is C=C1C(C)=Cc2c(N3C[C@@H](C)N[C@@H](C)C3)cc(C)nc2N1c1ccccc1CC. The minimum Gasteiger partial charge on any atom is -0.368 e. The number of nitrogens with zero attached hydrogens (tertiary/aromatic N) is 3. The quantitative estimate of drug-likeness (QED) is 0.782. The Morgan fingerprint density at radius 3 is 2.48 bits per heavy atom. The van der Waals surface area contributed by atoms with Gasteiger partial charge >= 0.3 is 0 Å². The smallest absolute Gasteiger partial charge is 0.147 e. The molecular weight excluding hydrogens is 356 g/mol. The third kappa shape index (κ3) is 3.58. The Morgan fingerprint density at radius 1 is 1.10 bits per heavy atom. The van der Waals surface area contributed by atoms with E-state index in [0.29, 0.717) is 12.1 Å². The number of fused-ring (bicyclic) bond motifs is 1. The number of nitrogens with one attached hydrogen (secondary N) is 1. The van der Waals surface area contributed by atoms with Gasteiger partial charge in [-0.3, -0.25) is 4.90 Å². The number of anilines is 3. The second-order valence-electron chi connectivity index (χ2n) is 8.49. The molecule has 1 N–H and O–H groups in total. The van der Waals surface area contributed by atoms with E-state index in [1.54, 1.807) is 0 Å². The molecule has 29 heavy (non-hydrogen) atoms. The third-order valence-electron chi connectivity index (χ3n) is 5.95. The Morgan fingerprint density at radius 2 is 1.79 bits per heavy atom. The summed E-state index contributed by atoms with van der Waals surface area (Å²) in [5, 5.41) is 3.64. The predicted octanol–water partition coefficient (Wildman–Crippen LogP) is 5.21. The van der Waals surface area contributed by atoms with E-state index >= 15 is 0 Å². The molecule has 1 fully saturated rings. The lowest BCUT2D eigenvalue weighted by Crippen LogP contribution is -2.54. The van der Waals surface area contributed by atoms with Crippen LogP contribution in [-0.2, 0) is 6.42 Å². The Kier molecular flexibility index (Phi) is 5.22. The lowest BCUT2D eigenvalue weighted by atomic mass is 9.98. The molecule has 0 aliphatic carbocycles. The highest BCUT2D eigenvalue weighted by atomic mass is 15.2. The number of hydrogen-bond donors (Lipinski definition) is 1. The number of benzene rings is 1. The highest BCUT2D eigenvalue weighted by molar-refractivity contribution is 5.89. The molecule has 0 spiro atoms. The van der Waals surface area contributed by atoms with E-state index in [1.165, 1.54) is 28.1 Å². The van der Waals surface area contributed by atoms with E-state index in [4.69, 9.17) is 4.98 Å². The molecule has 2 atom stereocenters. The molecule has 0 radical (unpaired) electrons. The molecule has 4 heteroatoms. The third-order valence-corrected chi connectivity index (χ3v) is 5.95. The largest absolute Gasteiger partial charge is 0.368 e. The molecule has 2 aromatic rings. The van der Waals surface area contributed by atoms with Crippen LogP contribution >= 0.6 is 0 Å². The molecule has 3 heterocycles. The van der Waals surface area contributed by atoms with Crippen molar-refractivity contribution < 1.29 is 0 Å². The summed E-state index contributed by atoms with van der Waals surface area (Å²) in [6.45, 7) is 17.4. The van der Waals surface area contributed by atoms with Crippen LogP contribution in [0.1, 0.15) is 44.5 Å². The van der Waals surface area contributed by atoms with Crippen molar-refractivity contribution in [2.45, 2.75) is 53.1 Å². The first-order chi connectivity index (χ1) is 13.9. The number of aryl methyl sites for hydroxylation is 2. The Hall–Kier alpha value is -2.59. The molecule has 0 bridgehead atoms. The van der Waals surface area contributed by atoms with Crippen molar-refractivity contribution >= 4 is 23.3 Å². The lowest BCUT2D eigenvalue weighted by molar-refractivity contribution is 0.407. The molecule has 0 saturated carbocycles. The highest BCUT2D eigenvalue weighted by Gasteiger charge is 2.30. The first-order valence-corrected chi connectivity index (χ1v) is 10.7. The Balaban J connectivity index is 1.90. The number of hydrogen-bond acceptors (Lipinski definition) is 4. The number of rotatable bonds is 3. The fourth-order valence-corrected chi connectivity index (χ4v) is 4.64. The van der Waals surface area contributed by atoms with Gasteiger partial charge in [-0.25, -0.2) is 4.98 Å². The maximum absolute atomic E-state index is 5.00. The van der Waals surface area contributed by atoms with Crippen LogP contribution in [0.15, 0.2) is 48.2 Å². The van der Waals surface area contributed by atoms with Gasteiger partial charge in [-0.05, 0) is 63.5 Å². The zero-order valence-electron chi connectivity index (χ0n) is 18.3. The van der Waals surface area contributed by atoms with Crippen LogP contribution in [-0.4, -0.2) is 30.2 Å². The normalized spacial score (nSPS) is 21.8. The average Bonchev–Trinajstić information content (AvgIpc) is 2.68. The van der Waals surface area contributed by atoms with Gasteiger partial charge in [0.25, 0.3) is 0 Å². The summed E-state index contributed by atoms with van der Waals surface area (Å²) in [6, 6.07) is 11.8. The molecule has 0 unspecified atom stereocenters. The fourth-order valence-electron chi connectivity index (χ4n) is 4.64. The maximum Gasteiger partial charge on any atom is 0.147 e. The number of aromatic nitrogens is 1. The van der Waals surface area contributed by atoms with Crippen molar-refractivity contribution in [3.63, 3.8) is 0 Å². The molecule has 2 aliphatic rings. The minimum atomic E-state index is 0.462. The van der Waals surface area contributed by atoms with Crippen molar-refractivity contribution in [3.8, 4) is 0 Å². The van der Waals surface area contributed by atoms with Gasteiger partial charge < -0.3 is 10.2 Å². The van der Waals surface area contributed by atoms with Gasteiger partial charge in [0.15, 0.2) is 0 Å². The number of piperazine rings is 1. The van der Waals surface area contributed by atoms with Gasteiger partial charge in [0.05, 0.1) is 5.69 Å². The van der Waals surface area contributed by atoms with Crippen molar-refractivity contribution in [1.82, 2.24) is 10.3 Å². The van der Waals surface area contributed by atoms with E-state index in [-0.39, 0.29) is 0 Å². The first kappa shape index (κ1) is 19.7. The van der Waals surface area contributed by atoms with Crippen LogP contribution in [0.3, 0.4) is 0 Å². The predicted molar refractivity (Wildman–Crippen MR) is 124 cm³/mol. The van der Waals surface area contributed by atoms with E-state index in [2.05, 4.69) is 92.7 Å². The summed E-state index contributed by atoms with van der Waals surface area (Å²) in [4.78, 5) is 9.78. The van der Waals surface area contributed by atoms with E-state index in [1.807, 2.05) is 0 Å². The molecule has 4 rings (SSSR count). The number of allylic oxidation sites excluding steroid dienone is 1. The molecule has 1 saturated heterocycles. The van der Waals surface area contributed by atoms with Crippen LogP contribution in [0.5, 0.6) is 0 Å². The summed E-state index contributed by atoms with van der Waals surface area (Å²) in [5.74, 6) is 0.996. The number of para-hydroxylation sites is 1. The second kappa shape index (κ2) is 7.68. The van der Waals surface area contributed by atoms with Crippen molar-refractivity contribution in [1.29, 1.82) is 0 Å². The topological polar surface area (TPSA) is 31.4 Å². The van der Waals surface area contributed by atoms with E-state index in [0.717, 1.165) is 36.7 Å². The highest BCUT2D eigenvalue weighted by Crippen LogP contribution is 2.44. The van der Waals surface area contributed by atoms with E-state index in [9.17, 15) is 0 Å². The van der Waals surface area contributed by atoms with Crippen LogP contribution < -0.4 is 15.1 Å². The van der Waals surface area contributed by atoms with Crippen molar-refractivity contribution in [2.75, 3.05) is 22.9 Å². The molecular formula is C25H32N4. The van der Waals surface area contributed by atoms with Crippen LogP contribution in [0.25, 0.3) is 6.08 Å². The molecule has 4 nitrogen and oxygen atoms in total. The molecule has 1 aromatic carbocycles. The molecule has 152 valence electrons. The van der Waals surface area contributed by atoms with Gasteiger partial charge in [0.2, 0.25) is 0 Å².